The van der Waals surface area contributed by atoms with Crippen LogP contribution < -0.4 is 5.32 Å². The van der Waals surface area contributed by atoms with Gasteiger partial charge in [-0.05, 0) is 18.6 Å². The molecule has 1 aromatic heterocycles. The van der Waals surface area contributed by atoms with Gasteiger partial charge < -0.3 is 10.2 Å². The van der Waals surface area contributed by atoms with Crippen LogP contribution in [-0.2, 0) is 5.41 Å². The summed E-state index contributed by atoms with van der Waals surface area (Å²) in [7, 11) is 3.67. The number of nitrogens with one attached hydrogen (secondary N) is 1. The molecule has 1 rings (SSSR count). The highest BCUT2D eigenvalue weighted by Gasteiger charge is 2.27. The first-order valence-corrected chi connectivity index (χ1v) is 6.38. The van der Waals surface area contributed by atoms with Crippen LogP contribution in [0.15, 0.2) is 0 Å². The summed E-state index contributed by atoms with van der Waals surface area (Å²) in [5.74, 6) is 0.000162. The molecule has 0 fully saturated rings. The minimum Gasteiger partial charge on any atom is -0.340 e. The zero-order valence-corrected chi connectivity index (χ0v) is 11.9. The molecular weight excluding hydrogens is 236 g/mol. The maximum atomic E-state index is 12.2. The highest BCUT2D eigenvalue weighted by molar-refractivity contribution is 7.08. The van der Waals surface area contributed by atoms with Gasteiger partial charge >= 0.3 is 0 Å². The fourth-order valence-corrected chi connectivity index (χ4v) is 2.25. The Balaban J connectivity index is 2.86. The number of carbonyl (C=O) groups is 1. The second kappa shape index (κ2) is 5.55. The number of aromatic nitrogens is 2. The van der Waals surface area contributed by atoms with E-state index in [4.69, 9.17) is 0 Å². The molecule has 0 bridgehead atoms. The van der Waals surface area contributed by atoms with Crippen LogP contribution in [0.2, 0.25) is 0 Å². The minimum atomic E-state index is -0.151. The average molecular weight is 256 g/mol. The summed E-state index contributed by atoms with van der Waals surface area (Å²) in [6, 6.07) is 0. The van der Waals surface area contributed by atoms with Crippen LogP contribution >= 0.6 is 11.5 Å². The van der Waals surface area contributed by atoms with E-state index < -0.39 is 0 Å². The molecule has 0 unspecified atom stereocenters. The van der Waals surface area contributed by atoms with Crippen LogP contribution in [0.3, 0.4) is 0 Å². The minimum absolute atomic E-state index is 0.000162. The van der Waals surface area contributed by atoms with Crippen molar-refractivity contribution in [3.63, 3.8) is 0 Å². The third kappa shape index (κ3) is 3.47. The first-order valence-electron chi connectivity index (χ1n) is 5.61. The summed E-state index contributed by atoms with van der Waals surface area (Å²) in [6.45, 7) is 7.56. The van der Waals surface area contributed by atoms with Crippen molar-refractivity contribution in [2.75, 3.05) is 27.2 Å². The van der Waals surface area contributed by atoms with Crippen molar-refractivity contribution in [3.8, 4) is 0 Å². The molecule has 0 aliphatic rings. The first-order chi connectivity index (χ1) is 7.88. The van der Waals surface area contributed by atoms with Gasteiger partial charge in [-0.3, -0.25) is 4.79 Å². The van der Waals surface area contributed by atoms with Gasteiger partial charge in [0, 0.05) is 25.6 Å². The number of carbonyl (C=O) groups excluding carboxylic acids is 1. The van der Waals surface area contributed by atoms with E-state index in [2.05, 4.69) is 14.9 Å². The number of hydrogen-bond acceptors (Lipinski definition) is 5. The third-order valence-electron chi connectivity index (χ3n) is 2.44. The van der Waals surface area contributed by atoms with Gasteiger partial charge in [0.05, 0.1) is 5.69 Å². The van der Waals surface area contributed by atoms with E-state index in [0.717, 1.165) is 12.2 Å². The predicted molar refractivity (Wildman–Crippen MR) is 69.5 cm³/mol. The van der Waals surface area contributed by atoms with E-state index in [0.29, 0.717) is 11.4 Å². The molecule has 0 aliphatic heterocycles. The Morgan fingerprint density at radius 2 is 2.12 bits per heavy atom. The normalized spacial score (nSPS) is 11.6. The van der Waals surface area contributed by atoms with E-state index in [1.807, 2.05) is 27.8 Å². The average Bonchev–Trinajstić information content (AvgIpc) is 2.73. The van der Waals surface area contributed by atoms with Crippen LogP contribution in [0.25, 0.3) is 0 Å². The molecule has 0 atom stereocenters. The van der Waals surface area contributed by atoms with Gasteiger partial charge in [-0.15, -0.1) is 5.10 Å². The molecule has 0 saturated carbocycles. The highest BCUT2D eigenvalue weighted by atomic mass is 32.1. The lowest BCUT2D eigenvalue weighted by atomic mass is 9.91. The van der Waals surface area contributed by atoms with Crippen molar-refractivity contribution in [2.24, 2.45) is 0 Å². The lowest BCUT2D eigenvalue weighted by Gasteiger charge is -2.20. The summed E-state index contributed by atoms with van der Waals surface area (Å²) in [5, 5.41) is 7.10. The zero-order chi connectivity index (χ0) is 13.1. The van der Waals surface area contributed by atoms with Crippen LogP contribution in [-0.4, -0.2) is 47.6 Å². The monoisotopic (exact) mass is 256 g/mol. The molecule has 96 valence electrons. The Kier molecular flexibility index (Phi) is 4.59. The van der Waals surface area contributed by atoms with Crippen molar-refractivity contribution in [1.82, 2.24) is 19.8 Å². The summed E-state index contributed by atoms with van der Waals surface area (Å²) in [6.07, 6.45) is 0. The fraction of sp³-hybridized carbons (Fsp3) is 0.727. The molecule has 1 N–H and O–H groups in total. The van der Waals surface area contributed by atoms with Gasteiger partial charge in [-0.1, -0.05) is 25.3 Å². The Morgan fingerprint density at radius 3 is 2.65 bits per heavy atom. The molecule has 6 heteroatoms. The van der Waals surface area contributed by atoms with Crippen molar-refractivity contribution in [1.29, 1.82) is 0 Å². The fourth-order valence-electron chi connectivity index (χ4n) is 1.38. The summed E-state index contributed by atoms with van der Waals surface area (Å²) < 4.78 is 3.90. The molecule has 0 aromatic carbocycles. The molecule has 1 aromatic rings. The molecule has 0 spiro atoms. The lowest BCUT2D eigenvalue weighted by molar-refractivity contribution is 0.0799. The maximum absolute atomic E-state index is 12.2. The molecule has 5 nitrogen and oxygen atoms in total. The smallest absolute Gasteiger partial charge is 0.267 e. The molecule has 0 radical (unpaired) electrons. The number of rotatable bonds is 4. The SMILES string of the molecule is CNCCN(C)C(=O)c1snnc1C(C)(C)C. The Labute approximate surface area is 106 Å². The van der Waals surface area contributed by atoms with Gasteiger partial charge in [0.15, 0.2) is 0 Å². The first kappa shape index (κ1) is 14.1. The van der Waals surface area contributed by atoms with Gasteiger partial charge in [0.1, 0.15) is 4.88 Å². The number of nitrogens with zero attached hydrogens (tertiary/aromatic N) is 3. The van der Waals surface area contributed by atoms with Crippen molar-refractivity contribution in [2.45, 2.75) is 26.2 Å². The molecule has 1 amide bonds. The maximum Gasteiger partial charge on any atom is 0.267 e. The number of amides is 1. The lowest BCUT2D eigenvalue weighted by Crippen LogP contribution is -2.33. The molecule has 17 heavy (non-hydrogen) atoms. The van der Waals surface area contributed by atoms with E-state index in [1.54, 1.807) is 11.9 Å². The topological polar surface area (TPSA) is 58.1 Å². The van der Waals surface area contributed by atoms with Crippen molar-refractivity contribution in [3.05, 3.63) is 10.6 Å². The Morgan fingerprint density at radius 1 is 1.47 bits per heavy atom. The summed E-state index contributed by atoms with van der Waals surface area (Å²) in [5.41, 5.74) is 0.630. The van der Waals surface area contributed by atoms with E-state index in [9.17, 15) is 4.79 Å². The van der Waals surface area contributed by atoms with E-state index >= 15 is 0 Å². The van der Waals surface area contributed by atoms with Crippen LogP contribution in [0, 0.1) is 0 Å². The molecule has 0 aliphatic carbocycles. The van der Waals surface area contributed by atoms with Crippen molar-refractivity contribution < 1.29 is 4.79 Å². The van der Waals surface area contributed by atoms with Gasteiger partial charge in [-0.25, -0.2) is 0 Å². The number of likely N-dealkylation sites (N-methyl/N-ethyl adjacent to an activating group) is 2. The molecular formula is C11H20N4OS. The third-order valence-corrected chi connectivity index (χ3v) is 3.15. The van der Waals surface area contributed by atoms with Crippen molar-refractivity contribution >= 4 is 17.4 Å². The van der Waals surface area contributed by atoms with E-state index in [1.165, 1.54) is 11.5 Å². The van der Waals surface area contributed by atoms with Gasteiger partial charge in [0.25, 0.3) is 5.91 Å². The standard InChI is InChI=1S/C11H20N4OS/c1-11(2,3)9-8(17-14-13-9)10(16)15(5)7-6-12-4/h12H,6-7H2,1-5H3. The largest absolute Gasteiger partial charge is 0.340 e. The van der Waals surface area contributed by atoms with Crippen LogP contribution in [0.4, 0.5) is 0 Å². The summed E-state index contributed by atoms with van der Waals surface area (Å²) >= 11 is 1.17. The Bertz CT molecular complexity index is 383. The van der Waals surface area contributed by atoms with Crippen LogP contribution in [0.5, 0.6) is 0 Å². The van der Waals surface area contributed by atoms with Crippen LogP contribution in [0.1, 0.15) is 36.1 Å². The molecule has 0 saturated heterocycles. The predicted octanol–water partition coefficient (Wildman–Crippen LogP) is 1.13. The second-order valence-electron chi connectivity index (χ2n) is 5.03. The summed E-state index contributed by atoms with van der Waals surface area (Å²) in [4.78, 5) is 14.6. The quantitative estimate of drug-likeness (QED) is 0.877. The van der Waals surface area contributed by atoms with Gasteiger partial charge in [-0.2, -0.15) is 0 Å². The number of hydrogen-bond donors (Lipinski definition) is 1. The molecule has 1 heterocycles. The van der Waals surface area contributed by atoms with Gasteiger partial charge in [0.2, 0.25) is 0 Å². The highest BCUT2D eigenvalue weighted by Crippen LogP contribution is 2.26. The second-order valence-corrected chi connectivity index (χ2v) is 5.79. The Hall–Kier alpha value is -1.01. The van der Waals surface area contributed by atoms with E-state index in [-0.39, 0.29) is 11.3 Å². The zero-order valence-electron chi connectivity index (χ0n) is 11.1.